The highest BCUT2D eigenvalue weighted by Crippen LogP contribution is 2.15. The van der Waals surface area contributed by atoms with Crippen molar-refractivity contribution in [3.8, 4) is 0 Å². The topological polar surface area (TPSA) is 24.9 Å². The average Bonchev–Trinajstić information content (AvgIpc) is 2.46. The zero-order valence-electron chi connectivity index (χ0n) is 10.1. The molecule has 0 amide bonds. The molecule has 92 valence electrons. The molecule has 0 aliphatic heterocycles. The predicted octanol–water partition coefficient (Wildman–Crippen LogP) is 3.27. The van der Waals surface area contributed by atoms with Gasteiger partial charge in [-0.05, 0) is 30.5 Å². The number of nitrogens with one attached hydrogen (secondary N) is 1. The second kappa shape index (κ2) is 6.52. The summed E-state index contributed by atoms with van der Waals surface area (Å²) >= 11 is 7.08. The van der Waals surface area contributed by atoms with Gasteiger partial charge in [0.05, 0.1) is 12.2 Å². The molecule has 1 aromatic carbocycles. The summed E-state index contributed by atoms with van der Waals surface area (Å²) in [6.07, 6.45) is 3.85. The minimum Gasteiger partial charge on any atom is -0.370 e. The van der Waals surface area contributed by atoms with E-state index in [0.717, 1.165) is 16.2 Å². The smallest absolute Gasteiger partial charge is 0.106 e. The van der Waals surface area contributed by atoms with Crippen LogP contribution in [0, 0.1) is 0 Å². The second-order valence-electron chi connectivity index (χ2n) is 3.73. The van der Waals surface area contributed by atoms with Gasteiger partial charge >= 0.3 is 0 Å². The molecule has 4 heteroatoms. The van der Waals surface area contributed by atoms with E-state index in [1.807, 2.05) is 30.3 Å². The van der Waals surface area contributed by atoms with Crippen molar-refractivity contribution in [2.24, 2.45) is 0 Å². The summed E-state index contributed by atoms with van der Waals surface area (Å²) in [5.74, 6) is 0. The van der Waals surface area contributed by atoms with Crippen molar-refractivity contribution in [3.63, 3.8) is 0 Å². The summed E-state index contributed by atoms with van der Waals surface area (Å²) in [5.41, 5.74) is 2.03. The highest BCUT2D eigenvalue weighted by molar-refractivity contribution is 7.98. The third-order valence-corrected chi connectivity index (χ3v) is 3.63. The van der Waals surface area contributed by atoms with Crippen LogP contribution in [0.1, 0.15) is 11.3 Å². The Balaban J connectivity index is 1.95. The molecular formula is C14H14N2S2. The van der Waals surface area contributed by atoms with Crippen molar-refractivity contribution in [3.05, 3.63) is 59.9 Å². The first-order valence-corrected chi connectivity index (χ1v) is 7.25. The fourth-order valence-electron chi connectivity index (χ4n) is 1.52. The largest absolute Gasteiger partial charge is 0.370 e. The molecule has 0 saturated carbocycles. The average molecular weight is 274 g/mol. The maximum absolute atomic E-state index is 5.35. The van der Waals surface area contributed by atoms with Crippen LogP contribution in [0.2, 0.25) is 0 Å². The molecule has 0 saturated heterocycles. The predicted molar refractivity (Wildman–Crippen MR) is 81.0 cm³/mol. The first-order valence-electron chi connectivity index (χ1n) is 5.62. The van der Waals surface area contributed by atoms with Gasteiger partial charge in [-0.25, -0.2) is 0 Å². The number of nitrogens with zero attached hydrogens (tertiary/aromatic N) is 1. The van der Waals surface area contributed by atoms with Crippen LogP contribution in [0.4, 0.5) is 0 Å². The van der Waals surface area contributed by atoms with E-state index in [2.05, 4.69) is 28.7 Å². The zero-order chi connectivity index (χ0) is 12.8. The molecule has 2 rings (SSSR count). The quantitative estimate of drug-likeness (QED) is 0.683. The number of rotatable bonds is 4. The minimum atomic E-state index is 0.657. The van der Waals surface area contributed by atoms with Gasteiger partial charge in [0.2, 0.25) is 0 Å². The van der Waals surface area contributed by atoms with E-state index in [-0.39, 0.29) is 0 Å². The maximum atomic E-state index is 5.35. The molecule has 1 heterocycles. The molecule has 1 aromatic heterocycles. The van der Waals surface area contributed by atoms with E-state index >= 15 is 0 Å². The SMILES string of the molecule is CSc1ccc(C(=S)NCc2ccccn2)cc1. The molecule has 0 aliphatic carbocycles. The van der Waals surface area contributed by atoms with Gasteiger partial charge in [0.1, 0.15) is 4.99 Å². The van der Waals surface area contributed by atoms with Gasteiger partial charge in [0.15, 0.2) is 0 Å². The first-order chi connectivity index (χ1) is 8.79. The number of hydrogen-bond donors (Lipinski definition) is 1. The second-order valence-corrected chi connectivity index (χ2v) is 5.02. The summed E-state index contributed by atoms with van der Waals surface area (Å²) in [4.78, 5) is 6.25. The number of thioether (sulfide) groups is 1. The summed E-state index contributed by atoms with van der Waals surface area (Å²) in [7, 11) is 0. The third kappa shape index (κ3) is 3.55. The van der Waals surface area contributed by atoms with Crippen LogP contribution in [0.5, 0.6) is 0 Å². The van der Waals surface area contributed by atoms with E-state index in [9.17, 15) is 0 Å². The Morgan fingerprint density at radius 1 is 1.22 bits per heavy atom. The van der Waals surface area contributed by atoms with Gasteiger partial charge in [-0.3, -0.25) is 4.98 Å². The Morgan fingerprint density at radius 3 is 2.61 bits per heavy atom. The number of pyridine rings is 1. The molecule has 0 aliphatic rings. The lowest BCUT2D eigenvalue weighted by atomic mass is 10.2. The van der Waals surface area contributed by atoms with Crippen molar-refractivity contribution in [1.29, 1.82) is 0 Å². The van der Waals surface area contributed by atoms with Gasteiger partial charge in [0, 0.05) is 16.7 Å². The number of thiocarbonyl (C=S) groups is 1. The fourth-order valence-corrected chi connectivity index (χ4v) is 2.13. The lowest BCUT2D eigenvalue weighted by Gasteiger charge is -2.08. The van der Waals surface area contributed by atoms with Crippen molar-refractivity contribution in [2.75, 3.05) is 6.26 Å². The number of aromatic nitrogens is 1. The maximum Gasteiger partial charge on any atom is 0.106 e. The highest BCUT2D eigenvalue weighted by Gasteiger charge is 2.01. The highest BCUT2D eigenvalue weighted by atomic mass is 32.2. The van der Waals surface area contributed by atoms with Gasteiger partial charge in [-0.2, -0.15) is 0 Å². The molecule has 1 N–H and O–H groups in total. The monoisotopic (exact) mass is 274 g/mol. The number of benzene rings is 1. The van der Waals surface area contributed by atoms with Crippen LogP contribution in [0.3, 0.4) is 0 Å². The van der Waals surface area contributed by atoms with Crippen molar-refractivity contribution in [2.45, 2.75) is 11.4 Å². The van der Waals surface area contributed by atoms with Crippen LogP contribution < -0.4 is 5.32 Å². The molecule has 0 unspecified atom stereocenters. The van der Waals surface area contributed by atoms with E-state index in [0.29, 0.717) is 6.54 Å². The van der Waals surface area contributed by atoms with E-state index < -0.39 is 0 Å². The summed E-state index contributed by atoms with van der Waals surface area (Å²) in [6.45, 7) is 0.657. The van der Waals surface area contributed by atoms with Crippen molar-refractivity contribution >= 4 is 29.0 Å². The van der Waals surface area contributed by atoms with E-state index in [4.69, 9.17) is 12.2 Å². The lowest BCUT2D eigenvalue weighted by molar-refractivity contribution is 0.884. The number of hydrogen-bond acceptors (Lipinski definition) is 3. The Labute approximate surface area is 117 Å². The fraction of sp³-hybridized carbons (Fsp3) is 0.143. The van der Waals surface area contributed by atoms with Gasteiger partial charge in [0.25, 0.3) is 0 Å². The Morgan fingerprint density at radius 2 is 2.00 bits per heavy atom. The Bertz CT molecular complexity index is 509. The molecule has 0 spiro atoms. The molecule has 2 nitrogen and oxygen atoms in total. The minimum absolute atomic E-state index is 0.657. The van der Waals surface area contributed by atoms with Crippen LogP contribution in [0.15, 0.2) is 53.6 Å². The molecule has 0 radical (unpaired) electrons. The molecule has 0 atom stereocenters. The molecule has 18 heavy (non-hydrogen) atoms. The normalized spacial score (nSPS) is 10.1. The van der Waals surface area contributed by atoms with Crippen LogP contribution in [-0.4, -0.2) is 16.2 Å². The van der Waals surface area contributed by atoms with Gasteiger partial charge in [-0.15, -0.1) is 11.8 Å². The molecular weight excluding hydrogens is 260 g/mol. The standard InChI is InChI=1S/C14H14N2S2/c1-18-13-7-5-11(6-8-13)14(17)16-10-12-4-2-3-9-15-12/h2-9H,10H2,1H3,(H,16,17). The van der Waals surface area contributed by atoms with Crippen molar-refractivity contribution in [1.82, 2.24) is 10.3 Å². The molecule has 0 bridgehead atoms. The first kappa shape index (κ1) is 13.1. The molecule has 0 fully saturated rings. The van der Waals surface area contributed by atoms with Crippen LogP contribution in [-0.2, 0) is 6.54 Å². The summed E-state index contributed by atoms with van der Waals surface area (Å²) in [6, 6.07) is 14.1. The van der Waals surface area contributed by atoms with Gasteiger partial charge < -0.3 is 5.32 Å². The third-order valence-electron chi connectivity index (χ3n) is 2.51. The van der Waals surface area contributed by atoms with Crippen molar-refractivity contribution < 1.29 is 0 Å². The zero-order valence-corrected chi connectivity index (χ0v) is 11.7. The van der Waals surface area contributed by atoms with Crippen LogP contribution in [0.25, 0.3) is 0 Å². The summed E-state index contributed by atoms with van der Waals surface area (Å²) in [5, 5.41) is 3.21. The molecule has 2 aromatic rings. The lowest BCUT2D eigenvalue weighted by Crippen LogP contribution is -2.22. The van der Waals surface area contributed by atoms with Crippen LogP contribution >= 0.6 is 24.0 Å². The van der Waals surface area contributed by atoms with E-state index in [1.165, 1.54) is 4.90 Å². The van der Waals surface area contributed by atoms with Gasteiger partial charge in [-0.1, -0.05) is 30.4 Å². The Hall–Kier alpha value is -1.39. The summed E-state index contributed by atoms with van der Waals surface area (Å²) < 4.78 is 0. The van der Waals surface area contributed by atoms with E-state index in [1.54, 1.807) is 18.0 Å². The Kier molecular flexibility index (Phi) is 4.73.